The zero-order valence-corrected chi connectivity index (χ0v) is 15.8. The van der Waals surface area contributed by atoms with Gasteiger partial charge in [-0.25, -0.2) is 9.37 Å². The number of fused-ring (bicyclic) bond motifs is 1. The third kappa shape index (κ3) is 3.73. The molecule has 0 aliphatic rings. The van der Waals surface area contributed by atoms with Gasteiger partial charge in [-0.05, 0) is 24.3 Å². The summed E-state index contributed by atoms with van der Waals surface area (Å²) >= 11 is 6.19. The minimum atomic E-state index is -0.494. The summed E-state index contributed by atoms with van der Waals surface area (Å²) in [4.78, 5) is 16.8. The summed E-state index contributed by atoms with van der Waals surface area (Å²) in [7, 11) is 0. The van der Waals surface area contributed by atoms with Crippen LogP contribution in [0.2, 0.25) is 5.02 Å². The SMILES string of the molecule is CC(C)(C)C(=O)NCc1nc2ccccc2n1Cc1c(F)cccc1Cl. The summed E-state index contributed by atoms with van der Waals surface area (Å²) < 4.78 is 16.1. The van der Waals surface area contributed by atoms with Crippen LogP contribution in [0.3, 0.4) is 0 Å². The van der Waals surface area contributed by atoms with Gasteiger partial charge in [0.15, 0.2) is 0 Å². The Morgan fingerprint density at radius 2 is 1.92 bits per heavy atom. The lowest BCUT2D eigenvalue weighted by atomic mass is 9.96. The van der Waals surface area contributed by atoms with Crippen molar-refractivity contribution in [3.63, 3.8) is 0 Å². The molecule has 0 saturated carbocycles. The smallest absolute Gasteiger partial charge is 0.225 e. The number of carbonyl (C=O) groups excluding carboxylic acids is 1. The first-order valence-electron chi connectivity index (χ1n) is 8.42. The van der Waals surface area contributed by atoms with Crippen LogP contribution in [0.15, 0.2) is 42.5 Å². The number of para-hydroxylation sites is 2. The molecular weight excluding hydrogens is 353 g/mol. The van der Waals surface area contributed by atoms with Gasteiger partial charge in [0, 0.05) is 16.0 Å². The van der Waals surface area contributed by atoms with Gasteiger partial charge in [-0.1, -0.05) is 50.6 Å². The Kier molecular flexibility index (Phi) is 5.01. The quantitative estimate of drug-likeness (QED) is 0.729. The number of benzene rings is 2. The van der Waals surface area contributed by atoms with Crippen molar-refractivity contribution in [1.29, 1.82) is 0 Å². The van der Waals surface area contributed by atoms with E-state index in [2.05, 4.69) is 10.3 Å². The third-order valence-corrected chi connectivity index (χ3v) is 4.55. The number of halogens is 2. The highest BCUT2D eigenvalue weighted by atomic mass is 35.5. The predicted octanol–water partition coefficient (Wildman–Crippen LogP) is 4.54. The van der Waals surface area contributed by atoms with Gasteiger partial charge in [-0.2, -0.15) is 0 Å². The molecule has 0 unspecified atom stereocenters. The van der Waals surface area contributed by atoms with E-state index in [-0.39, 0.29) is 24.8 Å². The Balaban J connectivity index is 1.99. The Morgan fingerprint density at radius 1 is 1.19 bits per heavy atom. The second kappa shape index (κ2) is 7.08. The average molecular weight is 374 g/mol. The molecule has 0 fully saturated rings. The van der Waals surface area contributed by atoms with Gasteiger partial charge in [-0.15, -0.1) is 0 Å². The molecule has 0 atom stereocenters. The number of hydrogen-bond donors (Lipinski definition) is 1. The third-order valence-electron chi connectivity index (χ3n) is 4.20. The van der Waals surface area contributed by atoms with E-state index in [9.17, 15) is 9.18 Å². The van der Waals surface area contributed by atoms with Gasteiger partial charge < -0.3 is 9.88 Å². The summed E-state index contributed by atoms with van der Waals surface area (Å²) in [6.45, 7) is 6.06. The van der Waals surface area contributed by atoms with E-state index in [0.717, 1.165) is 11.0 Å². The Hall–Kier alpha value is -2.40. The van der Waals surface area contributed by atoms with Gasteiger partial charge in [0.2, 0.25) is 5.91 Å². The second-order valence-corrected chi connectivity index (χ2v) is 7.64. The fourth-order valence-corrected chi connectivity index (χ4v) is 2.93. The number of carbonyl (C=O) groups is 1. The number of nitrogens with zero attached hydrogens (tertiary/aromatic N) is 2. The van der Waals surface area contributed by atoms with Crippen molar-refractivity contribution in [2.75, 3.05) is 0 Å². The summed E-state index contributed by atoms with van der Waals surface area (Å²) in [5, 5.41) is 3.27. The van der Waals surface area contributed by atoms with Gasteiger partial charge >= 0.3 is 0 Å². The molecule has 1 N–H and O–H groups in total. The van der Waals surface area contributed by atoms with Crippen molar-refractivity contribution >= 4 is 28.5 Å². The van der Waals surface area contributed by atoms with Crippen molar-refractivity contribution in [3.05, 3.63) is 64.7 Å². The monoisotopic (exact) mass is 373 g/mol. The lowest BCUT2D eigenvalue weighted by molar-refractivity contribution is -0.128. The molecule has 0 aliphatic heterocycles. The Morgan fingerprint density at radius 3 is 2.62 bits per heavy atom. The zero-order valence-electron chi connectivity index (χ0n) is 15.0. The van der Waals surface area contributed by atoms with E-state index in [1.807, 2.05) is 49.6 Å². The highest BCUT2D eigenvalue weighted by Crippen LogP contribution is 2.24. The second-order valence-electron chi connectivity index (χ2n) is 7.24. The molecular formula is C20H21ClFN3O. The lowest BCUT2D eigenvalue weighted by Gasteiger charge is -2.18. The largest absolute Gasteiger partial charge is 0.348 e. The van der Waals surface area contributed by atoms with Gasteiger partial charge in [0.1, 0.15) is 11.6 Å². The molecule has 2 aromatic carbocycles. The summed E-state index contributed by atoms with van der Waals surface area (Å²) in [6.07, 6.45) is 0. The predicted molar refractivity (Wildman–Crippen MR) is 102 cm³/mol. The number of amides is 1. The normalized spacial score (nSPS) is 11.7. The van der Waals surface area contributed by atoms with Crippen LogP contribution in [0.25, 0.3) is 11.0 Å². The first-order valence-corrected chi connectivity index (χ1v) is 8.80. The van der Waals surface area contributed by atoms with Crippen molar-refractivity contribution < 1.29 is 9.18 Å². The number of aromatic nitrogens is 2. The fraction of sp³-hybridized carbons (Fsp3) is 0.300. The standard InChI is InChI=1S/C20H21ClFN3O/c1-20(2,3)19(26)23-11-18-24-16-9-4-5-10-17(16)25(18)12-13-14(21)7-6-8-15(13)22/h4-10H,11-12H2,1-3H3,(H,23,26). The van der Waals surface area contributed by atoms with Crippen molar-refractivity contribution in [2.45, 2.75) is 33.9 Å². The fourth-order valence-electron chi connectivity index (χ4n) is 2.70. The summed E-state index contributed by atoms with van der Waals surface area (Å²) in [5.41, 5.74) is 1.57. The van der Waals surface area contributed by atoms with Crippen molar-refractivity contribution in [3.8, 4) is 0 Å². The Labute approximate surface area is 157 Å². The maximum Gasteiger partial charge on any atom is 0.225 e. The van der Waals surface area contributed by atoms with E-state index in [1.165, 1.54) is 6.07 Å². The van der Waals surface area contributed by atoms with Crippen LogP contribution in [0, 0.1) is 11.2 Å². The van der Waals surface area contributed by atoms with Crippen LogP contribution in [-0.4, -0.2) is 15.5 Å². The lowest BCUT2D eigenvalue weighted by Crippen LogP contribution is -2.35. The van der Waals surface area contributed by atoms with Crippen LogP contribution in [0.5, 0.6) is 0 Å². The molecule has 136 valence electrons. The van der Waals surface area contributed by atoms with Crippen LogP contribution in [0.1, 0.15) is 32.2 Å². The van der Waals surface area contributed by atoms with E-state index in [4.69, 9.17) is 11.6 Å². The molecule has 0 aliphatic carbocycles. The maximum absolute atomic E-state index is 14.3. The zero-order chi connectivity index (χ0) is 18.9. The molecule has 0 saturated heterocycles. The number of hydrogen-bond acceptors (Lipinski definition) is 2. The first kappa shape index (κ1) is 18.4. The molecule has 1 aromatic heterocycles. The minimum Gasteiger partial charge on any atom is -0.348 e. The summed E-state index contributed by atoms with van der Waals surface area (Å²) in [5.74, 6) is 0.225. The van der Waals surface area contributed by atoms with Crippen LogP contribution < -0.4 is 5.32 Å². The molecule has 0 radical (unpaired) electrons. The van der Waals surface area contributed by atoms with Crippen LogP contribution >= 0.6 is 11.6 Å². The molecule has 26 heavy (non-hydrogen) atoms. The molecule has 1 amide bonds. The molecule has 0 spiro atoms. The maximum atomic E-state index is 14.3. The van der Waals surface area contributed by atoms with Crippen LogP contribution in [-0.2, 0) is 17.9 Å². The van der Waals surface area contributed by atoms with E-state index >= 15 is 0 Å². The first-order chi connectivity index (χ1) is 12.3. The molecule has 6 heteroatoms. The van der Waals surface area contributed by atoms with E-state index in [1.54, 1.807) is 12.1 Å². The highest BCUT2D eigenvalue weighted by Gasteiger charge is 2.22. The van der Waals surface area contributed by atoms with Crippen molar-refractivity contribution in [1.82, 2.24) is 14.9 Å². The Bertz CT molecular complexity index is 939. The highest BCUT2D eigenvalue weighted by molar-refractivity contribution is 6.31. The topological polar surface area (TPSA) is 46.9 Å². The number of nitrogens with one attached hydrogen (secondary N) is 1. The minimum absolute atomic E-state index is 0.0694. The summed E-state index contributed by atoms with van der Waals surface area (Å²) in [6, 6.07) is 12.3. The van der Waals surface area contributed by atoms with Crippen LogP contribution in [0.4, 0.5) is 4.39 Å². The van der Waals surface area contributed by atoms with Gasteiger partial charge in [0.25, 0.3) is 0 Å². The van der Waals surface area contributed by atoms with Gasteiger partial charge in [0.05, 0.1) is 24.1 Å². The van der Waals surface area contributed by atoms with Gasteiger partial charge in [-0.3, -0.25) is 4.79 Å². The molecule has 1 heterocycles. The number of rotatable bonds is 4. The van der Waals surface area contributed by atoms with E-state index < -0.39 is 5.41 Å². The molecule has 3 aromatic rings. The van der Waals surface area contributed by atoms with Crippen molar-refractivity contribution in [2.24, 2.45) is 5.41 Å². The molecule has 3 rings (SSSR count). The van der Waals surface area contributed by atoms with E-state index in [0.29, 0.717) is 16.4 Å². The number of imidazole rings is 1. The average Bonchev–Trinajstić information content (AvgIpc) is 2.93. The molecule has 4 nitrogen and oxygen atoms in total. The molecule has 0 bridgehead atoms.